The van der Waals surface area contributed by atoms with Gasteiger partial charge in [-0.05, 0) is 24.3 Å². The van der Waals surface area contributed by atoms with Crippen LogP contribution in [0.1, 0.15) is 11.1 Å². The molecule has 0 saturated heterocycles. The molecule has 3 aromatic rings. The van der Waals surface area contributed by atoms with E-state index in [0.717, 1.165) is 6.07 Å². The lowest BCUT2D eigenvalue weighted by molar-refractivity contribution is 0.612. The number of halogens is 2. The molecule has 0 unspecified atom stereocenters. The van der Waals surface area contributed by atoms with Crippen LogP contribution in [0.3, 0.4) is 0 Å². The van der Waals surface area contributed by atoms with Crippen LogP contribution in [0, 0.1) is 23.0 Å². The average Bonchev–Trinajstić information content (AvgIpc) is 2.53. The molecule has 0 amide bonds. The zero-order valence-electron chi connectivity index (χ0n) is 11.3. The fourth-order valence-electron chi connectivity index (χ4n) is 2.14. The van der Waals surface area contributed by atoms with Crippen LogP contribution in [0.5, 0.6) is 0 Å². The second kappa shape index (κ2) is 5.74. The second-order valence-corrected chi connectivity index (χ2v) is 4.63. The number of aromatic nitrogens is 2. The van der Waals surface area contributed by atoms with Crippen molar-refractivity contribution in [1.82, 2.24) is 9.97 Å². The van der Waals surface area contributed by atoms with Gasteiger partial charge in [-0.25, -0.2) is 18.7 Å². The van der Waals surface area contributed by atoms with E-state index in [-0.39, 0.29) is 17.5 Å². The minimum Gasteiger partial charge on any atom is -0.365 e. The Kier molecular flexibility index (Phi) is 3.62. The Bertz CT molecular complexity index is 882. The number of benzene rings is 2. The second-order valence-electron chi connectivity index (χ2n) is 4.63. The molecule has 4 nitrogen and oxygen atoms in total. The van der Waals surface area contributed by atoms with Crippen molar-refractivity contribution in [3.05, 3.63) is 65.5 Å². The third kappa shape index (κ3) is 2.56. The number of nitriles is 1. The van der Waals surface area contributed by atoms with Crippen LogP contribution in [0.2, 0.25) is 0 Å². The lowest BCUT2D eigenvalue weighted by Gasteiger charge is -2.09. The Labute approximate surface area is 125 Å². The zero-order chi connectivity index (χ0) is 15.5. The number of nitrogens with one attached hydrogen (secondary N) is 1. The Hall–Kier alpha value is -3.07. The maximum absolute atomic E-state index is 13.9. The van der Waals surface area contributed by atoms with Gasteiger partial charge in [-0.1, -0.05) is 12.1 Å². The van der Waals surface area contributed by atoms with E-state index < -0.39 is 11.6 Å². The molecule has 0 fully saturated rings. The predicted molar refractivity (Wildman–Crippen MR) is 77.9 cm³/mol. The number of rotatable bonds is 3. The molecule has 0 saturated carbocycles. The number of hydrogen-bond donors (Lipinski definition) is 1. The summed E-state index contributed by atoms with van der Waals surface area (Å²) in [7, 11) is 0. The van der Waals surface area contributed by atoms with Crippen LogP contribution in [0.15, 0.2) is 42.7 Å². The molecule has 0 aliphatic rings. The van der Waals surface area contributed by atoms with Gasteiger partial charge in [0.25, 0.3) is 0 Å². The van der Waals surface area contributed by atoms with Crippen LogP contribution in [-0.4, -0.2) is 9.97 Å². The first-order valence-electron chi connectivity index (χ1n) is 6.50. The van der Waals surface area contributed by atoms with Crippen LogP contribution in [0.4, 0.5) is 14.6 Å². The molecular weight excluding hydrogens is 286 g/mol. The van der Waals surface area contributed by atoms with Crippen molar-refractivity contribution in [2.75, 3.05) is 5.32 Å². The van der Waals surface area contributed by atoms with Crippen molar-refractivity contribution in [2.24, 2.45) is 0 Å². The summed E-state index contributed by atoms with van der Waals surface area (Å²) >= 11 is 0. The van der Waals surface area contributed by atoms with E-state index in [1.54, 1.807) is 12.1 Å². The lowest BCUT2D eigenvalue weighted by atomic mass is 10.1. The molecule has 108 valence electrons. The third-order valence-corrected chi connectivity index (χ3v) is 3.24. The highest BCUT2D eigenvalue weighted by molar-refractivity contribution is 5.89. The van der Waals surface area contributed by atoms with Crippen molar-refractivity contribution in [2.45, 2.75) is 6.54 Å². The number of anilines is 1. The van der Waals surface area contributed by atoms with Gasteiger partial charge < -0.3 is 5.32 Å². The van der Waals surface area contributed by atoms with Crippen molar-refractivity contribution < 1.29 is 8.78 Å². The molecule has 3 rings (SSSR count). The Balaban J connectivity index is 1.90. The minimum atomic E-state index is -0.495. The summed E-state index contributed by atoms with van der Waals surface area (Å²) in [5, 5.41) is 11.9. The largest absolute Gasteiger partial charge is 0.365 e. The summed E-state index contributed by atoms with van der Waals surface area (Å²) in [6.07, 6.45) is 1.32. The van der Waals surface area contributed by atoms with Crippen molar-refractivity contribution in [1.29, 1.82) is 5.26 Å². The average molecular weight is 296 g/mol. The van der Waals surface area contributed by atoms with Gasteiger partial charge in [0.15, 0.2) is 0 Å². The molecule has 0 atom stereocenters. The normalized spacial score (nSPS) is 10.4. The standard InChI is InChI=1S/C16H10F2N4/c17-12-2-1-3-14-15(12)16(22-9-21-14)20-8-11-5-4-10(7-19)6-13(11)18/h1-6,9H,8H2,(H,20,21,22). The number of hydrogen-bond acceptors (Lipinski definition) is 4. The van der Waals surface area contributed by atoms with Gasteiger partial charge >= 0.3 is 0 Å². The Morgan fingerprint density at radius 3 is 2.73 bits per heavy atom. The van der Waals surface area contributed by atoms with Gasteiger partial charge in [0.1, 0.15) is 23.8 Å². The van der Waals surface area contributed by atoms with Gasteiger partial charge in [-0.2, -0.15) is 5.26 Å². The van der Waals surface area contributed by atoms with Crippen molar-refractivity contribution in [3.8, 4) is 6.07 Å². The van der Waals surface area contributed by atoms with Gasteiger partial charge in [-0.3, -0.25) is 0 Å². The highest BCUT2D eigenvalue weighted by atomic mass is 19.1. The molecule has 0 bridgehead atoms. The van der Waals surface area contributed by atoms with Gasteiger partial charge in [0.2, 0.25) is 0 Å². The van der Waals surface area contributed by atoms with Crippen LogP contribution in [-0.2, 0) is 6.54 Å². The van der Waals surface area contributed by atoms with Gasteiger partial charge in [0.05, 0.1) is 22.5 Å². The van der Waals surface area contributed by atoms with E-state index >= 15 is 0 Å². The SMILES string of the molecule is N#Cc1ccc(CNc2ncnc3cccc(F)c23)c(F)c1. The predicted octanol–water partition coefficient (Wildman–Crippen LogP) is 3.39. The molecule has 0 spiro atoms. The molecular formula is C16H10F2N4. The first-order valence-corrected chi connectivity index (χ1v) is 6.50. The fraction of sp³-hybridized carbons (Fsp3) is 0.0625. The molecule has 6 heteroatoms. The first-order chi connectivity index (χ1) is 10.7. The molecule has 1 N–H and O–H groups in total. The van der Waals surface area contributed by atoms with E-state index in [1.165, 1.54) is 24.5 Å². The topological polar surface area (TPSA) is 61.6 Å². The molecule has 1 aromatic heterocycles. The van der Waals surface area contributed by atoms with E-state index in [9.17, 15) is 8.78 Å². The quantitative estimate of drug-likeness (QED) is 0.804. The van der Waals surface area contributed by atoms with E-state index in [2.05, 4.69) is 15.3 Å². The Morgan fingerprint density at radius 2 is 1.95 bits per heavy atom. The summed E-state index contributed by atoms with van der Waals surface area (Å²) in [6, 6.07) is 10.6. The number of nitrogens with zero attached hydrogens (tertiary/aromatic N) is 3. The number of fused-ring (bicyclic) bond motifs is 1. The summed E-state index contributed by atoms with van der Waals surface area (Å²) < 4.78 is 27.8. The van der Waals surface area contributed by atoms with E-state index in [4.69, 9.17) is 5.26 Å². The maximum Gasteiger partial charge on any atom is 0.140 e. The van der Waals surface area contributed by atoms with Crippen molar-refractivity contribution in [3.63, 3.8) is 0 Å². The molecule has 1 heterocycles. The first kappa shape index (κ1) is 13.9. The molecule has 2 aromatic carbocycles. The van der Waals surface area contributed by atoms with Crippen LogP contribution >= 0.6 is 0 Å². The molecule has 0 radical (unpaired) electrons. The monoisotopic (exact) mass is 296 g/mol. The summed E-state index contributed by atoms with van der Waals surface area (Å²) in [5.41, 5.74) is 1.08. The molecule has 22 heavy (non-hydrogen) atoms. The summed E-state index contributed by atoms with van der Waals surface area (Å²) in [6.45, 7) is 0.123. The third-order valence-electron chi connectivity index (χ3n) is 3.24. The Morgan fingerprint density at radius 1 is 1.09 bits per heavy atom. The van der Waals surface area contributed by atoms with Gasteiger partial charge in [-0.15, -0.1) is 0 Å². The zero-order valence-corrected chi connectivity index (χ0v) is 11.3. The van der Waals surface area contributed by atoms with E-state index in [0.29, 0.717) is 16.9 Å². The minimum absolute atomic E-state index is 0.123. The maximum atomic E-state index is 13.9. The highest BCUT2D eigenvalue weighted by Crippen LogP contribution is 2.23. The molecule has 0 aliphatic heterocycles. The fourth-order valence-corrected chi connectivity index (χ4v) is 2.14. The highest BCUT2D eigenvalue weighted by Gasteiger charge is 2.09. The van der Waals surface area contributed by atoms with Crippen LogP contribution < -0.4 is 5.32 Å². The van der Waals surface area contributed by atoms with Crippen molar-refractivity contribution >= 4 is 16.7 Å². The summed E-state index contributed by atoms with van der Waals surface area (Å²) in [5.74, 6) is -0.641. The van der Waals surface area contributed by atoms with Gasteiger partial charge in [0, 0.05) is 12.1 Å². The van der Waals surface area contributed by atoms with E-state index in [1.807, 2.05) is 6.07 Å². The van der Waals surface area contributed by atoms with Crippen LogP contribution in [0.25, 0.3) is 10.9 Å². The molecule has 0 aliphatic carbocycles. The smallest absolute Gasteiger partial charge is 0.140 e. The lowest BCUT2D eigenvalue weighted by Crippen LogP contribution is -2.05. The summed E-state index contributed by atoms with van der Waals surface area (Å²) in [4.78, 5) is 8.01.